The lowest BCUT2D eigenvalue weighted by Gasteiger charge is -2.31. The number of aliphatic hydroxyl groups is 1. The van der Waals surface area contributed by atoms with Gasteiger partial charge in [0.25, 0.3) is 5.91 Å². The fourth-order valence-electron chi connectivity index (χ4n) is 2.98. The highest BCUT2D eigenvalue weighted by atomic mass is 16.3. The van der Waals surface area contributed by atoms with Crippen LogP contribution in [-0.4, -0.2) is 59.5 Å². The van der Waals surface area contributed by atoms with E-state index < -0.39 is 0 Å². The van der Waals surface area contributed by atoms with E-state index >= 15 is 0 Å². The highest BCUT2D eigenvalue weighted by Crippen LogP contribution is 2.26. The van der Waals surface area contributed by atoms with Crippen molar-refractivity contribution in [2.75, 3.05) is 26.7 Å². The number of rotatable bonds is 5. The van der Waals surface area contributed by atoms with Crippen molar-refractivity contribution in [3.05, 3.63) is 35.4 Å². The van der Waals surface area contributed by atoms with Crippen molar-refractivity contribution in [3.8, 4) is 0 Å². The summed E-state index contributed by atoms with van der Waals surface area (Å²) in [5.74, 6) is -0.210. The molecule has 1 N–H and O–H groups in total. The second kappa shape index (κ2) is 8.00. The summed E-state index contributed by atoms with van der Waals surface area (Å²) in [6, 6.07) is 7.68. The molecule has 0 bridgehead atoms. The molecule has 1 aromatic rings. The van der Waals surface area contributed by atoms with Gasteiger partial charge in [-0.15, -0.1) is 0 Å². The smallest absolute Gasteiger partial charge is 0.254 e. The molecule has 5 nitrogen and oxygen atoms in total. The number of likely N-dealkylation sites (N-methyl/N-ethyl adjacent to an activating group) is 1. The van der Waals surface area contributed by atoms with Crippen LogP contribution in [0.15, 0.2) is 24.3 Å². The Morgan fingerprint density at radius 2 is 1.76 bits per heavy atom. The lowest BCUT2D eigenvalue weighted by atomic mass is 9.82. The average Bonchev–Trinajstić information content (AvgIpc) is 2.61. The maximum atomic E-state index is 12.6. The second-order valence-electron chi connectivity index (χ2n) is 7.59. The van der Waals surface area contributed by atoms with E-state index in [1.165, 1.54) is 10.5 Å². The third kappa shape index (κ3) is 4.82. The van der Waals surface area contributed by atoms with Crippen molar-refractivity contribution in [1.29, 1.82) is 0 Å². The van der Waals surface area contributed by atoms with Gasteiger partial charge in [0.05, 0.1) is 12.6 Å². The standard InChI is InChI=1S/C20H30N2O3/c1-5-20(2,3)16-8-6-15(7-9-16)19(25)21(4)14-18(24)22-12-10-17(23)11-13-22/h6-9,17,23H,5,10-14H2,1-4H3. The highest BCUT2D eigenvalue weighted by Gasteiger charge is 2.24. The number of hydrogen-bond acceptors (Lipinski definition) is 3. The first-order valence-electron chi connectivity index (χ1n) is 9.06. The molecule has 2 rings (SSSR count). The highest BCUT2D eigenvalue weighted by molar-refractivity contribution is 5.96. The van der Waals surface area contributed by atoms with Crippen molar-refractivity contribution >= 4 is 11.8 Å². The zero-order chi connectivity index (χ0) is 18.6. The molecular weight excluding hydrogens is 316 g/mol. The van der Waals surface area contributed by atoms with Crippen LogP contribution in [0.25, 0.3) is 0 Å². The molecule has 1 aliphatic rings. The zero-order valence-corrected chi connectivity index (χ0v) is 15.8. The van der Waals surface area contributed by atoms with Gasteiger partial charge in [-0.1, -0.05) is 32.9 Å². The SMILES string of the molecule is CCC(C)(C)c1ccc(C(=O)N(C)CC(=O)N2CCC(O)CC2)cc1. The Balaban J connectivity index is 1.96. The molecule has 25 heavy (non-hydrogen) atoms. The number of nitrogens with zero attached hydrogens (tertiary/aromatic N) is 2. The van der Waals surface area contributed by atoms with Crippen molar-refractivity contribution < 1.29 is 14.7 Å². The number of carbonyl (C=O) groups excluding carboxylic acids is 2. The molecule has 0 spiro atoms. The lowest BCUT2D eigenvalue weighted by molar-refractivity contribution is -0.133. The minimum atomic E-state index is -0.311. The Morgan fingerprint density at radius 3 is 2.28 bits per heavy atom. The van der Waals surface area contributed by atoms with E-state index in [9.17, 15) is 14.7 Å². The predicted molar refractivity (Wildman–Crippen MR) is 98.5 cm³/mol. The third-order valence-electron chi connectivity index (χ3n) is 5.33. The van der Waals surface area contributed by atoms with Gasteiger partial charge >= 0.3 is 0 Å². The lowest BCUT2D eigenvalue weighted by Crippen LogP contribution is -2.45. The normalized spacial score (nSPS) is 16.0. The number of likely N-dealkylation sites (tertiary alicyclic amines) is 1. The van der Waals surface area contributed by atoms with E-state index in [-0.39, 0.29) is 29.9 Å². The van der Waals surface area contributed by atoms with E-state index in [4.69, 9.17) is 0 Å². The van der Waals surface area contributed by atoms with Gasteiger partial charge < -0.3 is 14.9 Å². The Kier molecular flexibility index (Phi) is 6.22. The first kappa shape index (κ1) is 19.4. The number of benzene rings is 1. The molecule has 138 valence electrons. The zero-order valence-electron chi connectivity index (χ0n) is 15.8. The molecule has 1 heterocycles. The summed E-state index contributed by atoms with van der Waals surface area (Å²) in [5, 5.41) is 9.52. The van der Waals surface area contributed by atoms with Crippen molar-refractivity contribution in [2.45, 2.75) is 51.6 Å². The van der Waals surface area contributed by atoms with Crippen LogP contribution in [0.5, 0.6) is 0 Å². The van der Waals surface area contributed by atoms with Crippen LogP contribution >= 0.6 is 0 Å². The van der Waals surface area contributed by atoms with E-state index in [2.05, 4.69) is 20.8 Å². The van der Waals surface area contributed by atoms with Crippen molar-refractivity contribution in [2.24, 2.45) is 0 Å². The van der Waals surface area contributed by atoms with E-state index in [1.54, 1.807) is 11.9 Å². The fourth-order valence-corrected chi connectivity index (χ4v) is 2.98. The Labute approximate surface area is 150 Å². The van der Waals surface area contributed by atoms with Gasteiger partial charge in [-0.3, -0.25) is 9.59 Å². The summed E-state index contributed by atoms with van der Waals surface area (Å²) in [6.07, 6.45) is 1.93. The Hall–Kier alpha value is -1.88. The van der Waals surface area contributed by atoms with E-state index in [1.807, 2.05) is 24.3 Å². The molecular formula is C20H30N2O3. The fraction of sp³-hybridized carbons (Fsp3) is 0.600. The van der Waals surface area contributed by atoms with Gasteiger partial charge in [0.1, 0.15) is 0 Å². The molecule has 0 saturated carbocycles. The quantitative estimate of drug-likeness (QED) is 0.891. The second-order valence-corrected chi connectivity index (χ2v) is 7.59. The van der Waals surface area contributed by atoms with E-state index in [0.29, 0.717) is 31.5 Å². The molecule has 1 aromatic carbocycles. The van der Waals surface area contributed by atoms with Crippen LogP contribution in [0, 0.1) is 0 Å². The number of aliphatic hydroxyl groups excluding tert-OH is 1. The summed E-state index contributed by atoms with van der Waals surface area (Å²) in [5.41, 5.74) is 1.89. The van der Waals surface area contributed by atoms with Crippen LogP contribution in [0.2, 0.25) is 0 Å². The molecule has 0 atom stereocenters. The maximum absolute atomic E-state index is 12.6. The van der Waals surface area contributed by atoms with Crippen molar-refractivity contribution in [3.63, 3.8) is 0 Å². The minimum absolute atomic E-state index is 0.0634. The predicted octanol–water partition coefficient (Wildman–Crippen LogP) is 2.43. The van der Waals surface area contributed by atoms with Crippen molar-refractivity contribution in [1.82, 2.24) is 9.80 Å². The summed E-state index contributed by atoms with van der Waals surface area (Å²) < 4.78 is 0. The van der Waals surface area contributed by atoms with Crippen LogP contribution in [-0.2, 0) is 10.2 Å². The minimum Gasteiger partial charge on any atom is -0.393 e. The molecule has 0 radical (unpaired) electrons. The first-order valence-corrected chi connectivity index (χ1v) is 9.06. The van der Waals surface area contributed by atoms with Gasteiger partial charge in [0.15, 0.2) is 0 Å². The van der Waals surface area contributed by atoms with Crippen LogP contribution in [0.3, 0.4) is 0 Å². The number of piperidine rings is 1. The molecule has 5 heteroatoms. The van der Waals surface area contributed by atoms with Gasteiger partial charge in [-0.2, -0.15) is 0 Å². The average molecular weight is 346 g/mol. The summed E-state index contributed by atoms with van der Waals surface area (Å²) in [6.45, 7) is 7.70. The Bertz CT molecular complexity index is 602. The number of amides is 2. The van der Waals surface area contributed by atoms with Gasteiger partial charge in [-0.05, 0) is 42.4 Å². The first-order chi connectivity index (χ1) is 11.7. The van der Waals surface area contributed by atoms with Crippen LogP contribution in [0.4, 0.5) is 0 Å². The molecule has 0 aromatic heterocycles. The summed E-state index contributed by atoms with van der Waals surface area (Å²) >= 11 is 0. The van der Waals surface area contributed by atoms with Crippen LogP contribution in [0.1, 0.15) is 56.0 Å². The molecule has 1 fully saturated rings. The molecule has 0 aliphatic carbocycles. The monoisotopic (exact) mass is 346 g/mol. The number of hydrogen-bond donors (Lipinski definition) is 1. The number of carbonyl (C=O) groups is 2. The van der Waals surface area contributed by atoms with Gasteiger partial charge in [-0.25, -0.2) is 0 Å². The van der Waals surface area contributed by atoms with E-state index in [0.717, 1.165) is 6.42 Å². The molecule has 2 amide bonds. The summed E-state index contributed by atoms with van der Waals surface area (Å²) in [4.78, 5) is 28.1. The third-order valence-corrected chi connectivity index (χ3v) is 5.33. The van der Waals surface area contributed by atoms with Gasteiger partial charge in [0, 0.05) is 25.7 Å². The molecule has 0 unspecified atom stereocenters. The summed E-state index contributed by atoms with van der Waals surface area (Å²) in [7, 11) is 1.66. The Morgan fingerprint density at radius 1 is 1.20 bits per heavy atom. The topological polar surface area (TPSA) is 60.9 Å². The van der Waals surface area contributed by atoms with Gasteiger partial charge in [0.2, 0.25) is 5.91 Å². The maximum Gasteiger partial charge on any atom is 0.254 e. The molecule has 1 aliphatic heterocycles. The van der Waals surface area contributed by atoms with Crippen LogP contribution < -0.4 is 0 Å². The molecule has 1 saturated heterocycles. The largest absolute Gasteiger partial charge is 0.393 e.